The molecule has 0 saturated heterocycles. The Hall–Kier alpha value is -5.62. The lowest BCUT2D eigenvalue weighted by Crippen LogP contribution is -2.09. The molecule has 0 amide bonds. The van der Waals surface area contributed by atoms with E-state index in [1.54, 1.807) is 6.08 Å². The highest BCUT2D eigenvalue weighted by molar-refractivity contribution is 6.07. The molecule has 3 aromatic carbocycles. The fourth-order valence-electron chi connectivity index (χ4n) is 5.42. The topological polar surface area (TPSA) is 72.9 Å². The van der Waals surface area contributed by atoms with Gasteiger partial charge in [0.05, 0.1) is 0 Å². The smallest absolute Gasteiger partial charge is 0.248 e. The van der Waals surface area contributed by atoms with Gasteiger partial charge >= 0.3 is 0 Å². The summed E-state index contributed by atoms with van der Waals surface area (Å²) in [5.74, 6) is 1.38. The van der Waals surface area contributed by atoms with Gasteiger partial charge in [0, 0.05) is 23.4 Å². The molecule has 0 spiro atoms. The van der Waals surface area contributed by atoms with E-state index in [2.05, 4.69) is 85.3 Å². The summed E-state index contributed by atoms with van der Waals surface area (Å²) in [6, 6.07) is 20.1. The van der Waals surface area contributed by atoms with Crippen molar-refractivity contribution in [2.45, 2.75) is 41.0 Å². The summed E-state index contributed by atoms with van der Waals surface area (Å²) < 4.78 is 12.4. The minimum atomic E-state index is 0.321. The van der Waals surface area contributed by atoms with Crippen molar-refractivity contribution < 1.29 is 9.15 Å². The first kappa shape index (κ1) is 34.3. The van der Waals surface area contributed by atoms with E-state index in [0.29, 0.717) is 24.3 Å². The van der Waals surface area contributed by atoms with Crippen molar-refractivity contribution in [1.29, 1.82) is 0 Å². The lowest BCUT2D eigenvalue weighted by Gasteiger charge is -2.12. The van der Waals surface area contributed by atoms with E-state index in [0.717, 1.165) is 67.3 Å². The molecule has 6 nitrogen and oxygen atoms in total. The summed E-state index contributed by atoms with van der Waals surface area (Å²) in [5, 5.41) is 19.0. The number of hydrogen-bond acceptors (Lipinski definition) is 6. The van der Waals surface area contributed by atoms with Crippen molar-refractivity contribution >= 4 is 41.1 Å². The van der Waals surface area contributed by atoms with E-state index in [1.807, 2.05) is 86.7 Å². The second-order valence-electron chi connectivity index (χ2n) is 11.0. The monoisotopic (exact) mass is 622 g/mol. The fraction of sp³-hybridized carbons (Fsp3) is 0.171. The first-order valence-corrected chi connectivity index (χ1v) is 15.6. The molecule has 0 aliphatic heterocycles. The van der Waals surface area contributed by atoms with Crippen molar-refractivity contribution in [3.05, 3.63) is 149 Å². The van der Waals surface area contributed by atoms with Crippen LogP contribution < -0.4 is 0 Å². The Bertz CT molecular complexity index is 1960. The number of rotatable bonds is 13. The maximum atomic E-state index is 6.25. The predicted molar refractivity (Wildman–Crippen MR) is 199 cm³/mol. The molecule has 4 aromatic rings. The molecule has 0 bridgehead atoms. The van der Waals surface area contributed by atoms with Gasteiger partial charge in [-0.15, -0.1) is 15.3 Å². The SMILES string of the molecule is C=C/C=C(\C=C(\C)CO/C(=N\N=C)c1cccc2ccccc12)C(/C)=C/C(C)=C(\CC)c1nnc(-c2cccc(/C=C\C)c2C=C)o1. The molecule has 0 unspecified atom stereocenters. The Morgan fingerprint density at radius 1 is 0.957 bits per heavy atom. The second kappa shape index (κ2) is 16.6. The summed E-state index contributed by atoms with van der Waals surface area (Å²) in [6.45, 7) is 22.0. The zero-order valence-electron chi connectivity index (χ0n) is 28.0. The number of ether oxygens (including phenoxy) is 1. The van der Waals surface area contributed by atoms with Crippen LogP contribution >= 0.6 is 0 Å². The highest BCUT2D eigenvalue weighted by Gasteiger charge is 2.17. The quantitative estimate of drug-likeness (QED) is 0.0643. The van der Waals surface area contributed by atoms with Crippen LogP contribution in [0.3, 0.4) is 0 Å². The summed E-state index contributed by atoms with van der Waals surface area (Å²) in [4.78, 5) is 0. The van der Waals surface area contributed by atoms with Crippen LogP contribution in [-0.4, -0.2) is 29.4 Å². The van der Waals surface area contributed by atoms with E-state index in [1.165, 1.54) is 0 Å². The lowest BCUT2D eigenvalue weighted by atomic mass is 9.99. The van der Waals surface area contributed by atoms with Crippen molar-refractivity contribution in [3.8, 4) is 11.5 Å². The van der Waals surface area contributed by atoms with E-state index in [-0.39, 0.29) is 0 Å². The molecule has 0 N–H and O–H groups in total. The van der Waals surface area contributed by atoms with Gasteiger partial charge in [0.25, 0.3) is 0 Å². The van der Waals surface area contributed by atoms with Gasteiger partial charge in [0.1, 0.15) is 6.61 Å². The van der Waals surface area contributed by atoms with E-state index in [9.17, 15) is 0 Å². The Kier molecular flexibility index (Phi) is 12.1. The molecule has 6 heteroatoms. The van der Waals surface area contributed by atoms with Gasteiger partial charge < -0.3 is 9.15 Å². The van der Waals surface area contributed by atoms with E-state index in [4.69, 9.17) is 9.15 Å². The Morgan fingerprint density at radius 2 is 1.72 bits per heavy atom. The number of fused-ring (bicyclic) bond motifs is 1. The highest BCUT2D eigenvalue weighted by atomic mass is 16.5. The highest BCUT2D eigenvalue weighted by Crippen LogP contribution is 2.31. The summed E-state index contributed by atoms with van der Waals surface area (Å²) in [5.41, 5.74) is 8.78. The van der Waals surface area contributed by atoms with Crippen molar-refractivity contribution in [2.75, 3.05) is 6.61 Å². The molecule has 4 rings (SSSR count). The first-order valence-electron chi connectivity index (χ1n) is 15.6. The molecule has 1 aromatic heterocycles. The Balaban J connectivity index is 1.59. The minimum Gasteiger partial charge on any atom is -0.472 e. The van der Waals surface area contributed by atoms with Crippen LogP contribution in [0.4, 0.5) is 0 Å². The number of aromatic nitrogens is 2. The number of nitrogens with zero attached hydrogens (tertiary/aromatic N) is 4. The summed E-state index contributed by atoms with van der Waals surface area (Å²) in [6.07, 6.45) is 14.6. The molecule has 0 aliphatic rings. The fourth-order valence-corrected chi connectivity index (χ4v) is 5.42. The van der Waals surface area contributed by atoms with Gasteiger partial charge in [0.15, 0.2) is 0 Å². The minimum absolute atomic E-state index is 0.321. The largest absolute Gasteiger partial charge is 0.472 e. The third kappa shape index (κ3) is 8.35. The summed E-state index contributed by atoms with van der Waals surface area (Å²) >= 11 is 0. The van der Waals surface area contributed by atoms with Crippen LogP contribution in [0.25, 0.3) is 40.0 Å². The maximum absolute atomic E-state index is 6.25. The third-order valence-electron chi connectivity index (χ3n) is 7.64. The molecule has 238 valence electrons. The molecule has 0 radical (unpaired) electrons. The number of benzene rings is 3. The van der Waals surface area contributed by atoms with Crippen LogP contribution in [-0.2, 0) is 4.74 Å². The Labute approximate surface area is 278 Å². The zero-order chi connectivity index (χ0) is 33.8. The van der Waals surface area contributed by atoms with Gasteiger partial charge in [-0.05, 0) is 90.4 Å². The van der Waals surface area contributed by atoms with Crippen LogP contribution in [0.1, 0.15) is 63.6 Å². The molecule has 0 saturated carbocycles. The third-order valence-corrected chi connectivity index (χ3v) is 7.64. The van der Waals surface area contributed by atoms with Gasteiger partial charge in [-0.25, -0.2) is 0 Å². The molecule has 0 atom stereocenters. The van der Waals surface area contributed by atoms with Gasteiger partial charge in [-0.3, -0.25) is 0 Å². The standard InChI is InChI=1S/C41H42N4O2/c1-9-17-31-20-15-23-37(35(31)12-4)41-45-44-40(47-41)34(11-3)30(7)26-29(6)33(18-10-2)25-28(5)27-46-39(43-42-8)38-24-16-21-32-19-13-14-22-36(32)38/h9-10,12-26H,2,4,8,11,27H2,1,3,5-7H3/b17-9-,28-25-,29-26+,33-18+,34-30+,43-39-. The number of hydrogen-bond donors (Lipinski definition) is 0. The van der Waals surface area contributed by atoms with Crippen molar-refractivity contribution in [2.24, 2.45) is 10.2 Å². The number of allylic oxidation sites excluding steroid dienone is 9. The molecular formula is C41H42N4O2. The van der Waals surface area contributed by atoms with Crippen molar-refractivity contribution in [1.82, 2.24) is 10.2 Å². The van der Waals surface area contributed by atoms with Crippen LogP contribution in [0.15, 0.2) is 141 Å². The molecule has 47 heavy (non-hydrogen) atoms. The van der Waals surface area contributed by atoms with Crippen LogP contribution in [0.2, 0.25) is 0 Å². The molecule has 1 heterocycles. The predicted octanol–water partition coefficient (Wildman–Crippen LogP) is 10.8. The normalized spacial score (nSPS) is 13.6. The summed E-state index contributed by atoms with van der Waals surface area (Å²) in [7, 11) is 0. The van der Waals surface area contributed by atoms with Crippen LogP contribution in [0, 0.1) is 0 Å². The lowest BCUT2D eigenvalue weighted by molar-refractivity contribution is 0.339. The van der Waals surface area contributed by atoms with Crippen molar-refractivity contribution in [3.63, 3.8) is 0 Å². The first-order chi connectivity index (χ1) is 22.8. The van der Waals surface area contributed by atoms with Gasteiger partial charge in [-0.1, -0.05) is 111 Å². The Morgan fingerprint density at radius 3 is 2.45 bits per heavy atom. The molecular weight excluding hydrogens is 580 g/mol. The molecule has 0 aliphatic carbocycles. The van der Waals surface area contributed by atoms with Crippen LogP contribution in [0.5, 0.6) is 0 Å². The maximum Gasteiger partial charge on any atom is 0.248 e. The van der Waals surface area contributed by atoms with Gasteiger partial charge in [-0.2, -0.15) is 5.10 Å². The van der Waals surface area contributed by atoms with E-state index >= 15 is 0 Å². The molecule has 0 fully saturated rings. The zero-order valence-corrected chi connectivity index (χ0v) is 28.0. The van der Waals surface area contributed by atoms with Gasteiger partial charge in [0.2, 0.25) is 17.7 Å². The van der Waals surface area contributed by atoms with E-state index < -0.39 is 0 Å². The average molecular weight is 623 g/mol. The average Bonchev–Trinajstić information content (AvgIpc) is 3.56. The second-order valence-corrected chi connectivity index (χ2v) is 11.0.